The molecule has 0 spiro atoms. The molecule has 0 bridgehead atoms. The Balaban J connectivity index is 1.30. The summed E-state index contributed by atoms with van der Waals surface area (Å²) in [7, 11) is -3.80. The van der Waals surface area contributed by atoms with Crippen LogP contribution < -0.4 is 0 Å². The molecule has 2 aromatic carbocycles. The van der Waals surface area contributed by atoms with Crippen molar-refractivity contribution in [1.29, 1.82) is 0 Å². The van der Waals surface area contributed by atoms with E-state index in [9.17, 15) is 18.0 Å². The summed E-state index contributed by atoms with van der Waals surface area (Å²) in [5, 5.41) is 4.38. The number of amides is 1. The Kier molecular flexibility index (Phi) is 7.00. The molecule has 1 aliphatic heterocycles. The summed E-state index contributed by atoms with van der Waals surface area (Å²) in [6.45, 7) is 2.58. The van der Waals surface area contributed by atoms with E-state index in [0.717, 1.165) is 11.3 Å². The Bertz CT molecular complexity index is 1550. The Hall–Kier alpha value is -3.31. The second kappa shape index (κ2) is 10.2. The number of rotatable bonds is 6. The molecule has 1 unspecified atom stereocenters. The first kappa shape index (κ1) is 25.3. The van der Waals surface area contributed by atoms with Crippen LogP contribution in [-0.2, 0) is 10.0 Å². The first-order valence-electron chi connectivity index (χ1n) is 11.5. The Morgan fingerprint density at radius 1 is 1.00 bits per heavy atom. The third kappa shape index (κ3) is 5.10. The number of ketones is 1. The van der Waals surface area contributed by atoms with E-state index >= 15 is 0 Å². The molecule has 1 fully saturated rings. The van der Waals surface area contributed by atoms with Crippen LogP contribution in [0.5, 0.6) is 0 Å². The number of piperazine rings is 1. The number of hydrogen-bond donors (Lipinski definition) is 0. The lowest BCUT2D eigenvalue weighted by Crippen LogP contribution is -2.55. The molecular formula is C26H22ClN3O5S2. The van der Waals surface area contributed by atoms with Gasteiger partial charge in [-0.05, 0) is 55.5 Å². The van der Waals surface area contributed by atoms with Crippen molar-refractivity contribution in [2.24, 2.45) is 0 Å². The number of carbonyl (C=O) groups is 2. The van der Waals surface area contributed by atoms with Crippen LogP contribution in [0.3, 0.4) is 0 Å². The van der Waals surface area contributed by atoms with Gasteiger partial charge in [0.1, 0.15) is 4.21 Å². The first-order valence-corrected chi connectivity index (χ1v) is 14.1. The van der Waals surface area contributed by atoms with E-state index in [2.05, 4.69) is 5.16 Å². The van der Waals surface area contributed by atoms with E-state index in [1.807, 2.05) is 6.07 Å². The fourth-order valence-electron chi connectivity index (χ4n) is 4.20. The minimum atomic E-state index is -3.80. The Labute approximate surface area is 223 Å². The largest absolute Gasteiger partial charge is 0.355 e. The molecule has 4 aromatic rings. The summed E-state index contributed by atoms with van der Waals surface area (Å²) < 4.78 is 33.8. The maximum atomic E-state index is 13.4. The predicted molar refractivity (Wildman–Crippen MR) is 140 cm³/mol. The molecule has 1 aliphatic rings. The molecular weight excluding hydrogens is 534 g/mol. The molecule has 1 atom stereocenters. The lowest BCUT2D eigenvalue weighted by atomic mass is 10.1. The highest BCUT2D eigenvalue weighted by molar-refractivity contribution is 7.91. The van der Waals surface area contributed by atoms with Gasteiger partial charge in [-0.15, -0.1) is 11.3 Å². The molecule has 1 saturated heterocycles. The van der Waals surface area contributed by atoms with Crippen LogP contribution in [0.4, 0.5) is 0 Å². The number of aromatic nitrogens is 1. The van der Waals surface area contributed by atoms with E-state index in [1.165, 1.54) is 16.4 Å². The number of carbonyl (C=O) groups excluding carboxylic acids is 2. The van der Waals surface area contributed by atoms with Gasteiger partial charge in [-0.1, -0.05) is 35.0 Å². The van der Waals surface area contributed by atoms with Gasteiger partial charge in [0.25, 0.3) is 15.9 Å². The van der Waals surface area contributed by atoms with Crippen molar-refractivity contribution in [3.05, 3.63) is 94.6 Å². The van der Waals surface area contributed by atoms with E-state index < -0.39 is 16.1 Å². The second-order valence-corrected chi connectivity index (χ2v) is 12.3. The molecule has 190 valence electrons. The van der Waals surface area contributed by atoms with Gasteiger partial charge < -0.3 is 9.42 Å². The molecule has 11 heteroatoms. The number of benzene rings is 2. The van der Waals surface area contributed by atoms with Gasteiger partial charge in [-0.2, -0.15) is 4.31 Å². The quantitative estimate of drug-likeness (QED) is 0.316. The van der Waals surface area contributed by atoms with Gasteiger partial charge >= 0.3 is 0 Å². The van der Waals surface area contributed by atoms with Gasteiger partial charge in [0.05, 0.1) is 4.88 Å². The maximum absolute atomic E-state index is 13.4. The summed E-state index contributed by atoms with van der Waals surface area (Å²) in [6.07, 6.45) is 0. The summed E-state index contributed by atoms with van der Waals surface area (Å²) in [5.41, 5.74) is 1.11. The van der Waals surface area contributed by atoms with Crippen LogP contribution >= 0.6 is 22.9 Å². The molecule has 5 rings (SSSR count). The molecule has 0 N–H and O–H groups in total. The monoisotopic (exact) mass is 555 g/mol. The smallest absolute Gasteiger partial charge is 0.253 e. The van der Waals surface area contributed by atoms with E-state index in [-0.39, 0.29) is 28.1 Å². The first-order chi connectivity index (χ1) is 17.7. The lowest BCUT2D eigenvalue weighted by Gasteiger charge is -2.38. The van der Waals surface area contributed by atoms with Crippen LogP contribution in [0.25, 0.3) is 10.6 Å². The van der Waals surface area contributed by atoms with E-state index in [4.69, 9.17) is 16.1 Å². The van der Waals surface area contributed by atoms with Crippen molar-refractivity contribution in [2.75, 3.05) is 19.6 Å². The fourth-order valence-corrected chi connectivity index (χ4v) is 7.32. The molecule has 0 saturated carbocycles. The average molecular weight is 556 g/mol. The molecule has 8 nitrogen and oxygen atoms in total. The SMILES string of the molecule is CC1CN(C(=O)c2ccccc2)CCN1S(=O)(=O)c1ccc(-c2cc(C(=O)c3ccc(Cl)cc3)no2)s1. The molecule has 0 radical (unpaired) electrons. The number of sulfonamides is 1. The maximum Gasteiger partial charge on any atom is 0.253 e. The van der Waals surface area contributed by atoms with Crippen molar-refractivity contribution >= 4 is 44.7 Å². The van der Waals surface area contributed by atoms with Crippen molar-refractivity contribution < 1.29 is 22.5 Å². The normalized spacial score (nSPS) is 16.6. The molecule has 1 amide bonds. The zero-order valence-corrected chi connectivity index (χ0v) is 22.1. The van der Waals surface area contributed by atoms with Crippen LogP contribution in [0, 0.1) is 0 Å². The minimum Gasteiger partial charge on any atom is -0.355 e. The van der Waals surface area contributed by atoms with Gasteiger partial charge in [-0.25, -0.2) is 8.42 Å². The average Bonchev–Trinajstić information content (AvgIpc) is 3.59. The minimum absolute atomic E-state index is 0.114. The van der Waals surface area contributed by atoms with Crippen molar-refractivity contribution in [3.8, 4) is 10.6 Å². The van der Waals surface area contributed by atoms with Crippen LogP contribution in [0.2, 0.25) is 5.02 Å². The van der Waals surface area contributed by atoms with Gasteiger partial charge in [0.15, 0.2) is 11.5 Å². The van der Waals surface area contributed by atoms with Crippen LogP contribution in [-0.4, -0.2) is 60.1 Å². The number of nitrogens with zero attached hydrogens (tertiary/aromatic N) is 3. The van der Waals surface area contributed by atoms with Gasteiger partial charge in [0.2, 0.25) is 5.78 Å². The highest BCUT2D eigenvalue weighted by atomic mass is 35.5. The standard InChI is InChI=1S/C26H22ClN3O5S2/c1-17-16-29(26(32)19-5-3-2-4-6-19)13-14-30(17)37(33,34)24-12-11-23(36-24)22-15-21(28-35-22)25(31)18-7-9-20(27)10-8-18/h2-12,15,17H,13-14,16H2,1H3. The molecule has 37 heavy (non-hydrogen) atoms. The fraction of sp³-hybridized carbons (Fsp3) is 0.192. The predicted octanol–water partition coefficient (Wildman–Crippen LogP) is 4.82. The van der Waals surface area contributed by atoms with Crippen molar-refractivity contribution in [1.82, 2.24) is 14.4 Å². The number of hydrogen-bond acceptors (Lipinski definition) is 7. The highest BCUT2D eigenvalue weighted by Crippen LogP contribution is 2.34. The highest BCUT2D eigenvalue weighted by Gasteiger charge is 2.36. The van der Waals surface area contributed by atoms with Gasteiger partial charge in [-0.3, -0.25) is 9.59 Å². The summed E-state index contributed by atoms with van der Waals surface area (Å²) in [6, 6.07) is 19.6. The van der Waals surface area contributed by atoms with E-state index in [1.54, 1.807) is 66.4 Å². The topological polar surface area (TPSA) is 101 Å². The van der Waals surface area contributed by atoms with Crippen molar-refractivity contribution in [2.45, 2.75) is 17.2 Å². The number of halogens is 1. The summed E-state index contributed by atoms with van der Waals surface area (Å²) >= 11 is 6.93. The summed E-state index contributed by atoms with van der Waals surface area (Å²) in [4.78, 5) is 27.7. The van der Waals surface area contributed by atoms with Crippen molar-refractivity contribution in [3.63, 3.8) is 0 Å². The van der Waals surface area contributed by atoms with Crippen LogP contribution in [0.15, 0.2) is 81.5 Å². The third-order valence-corrected chi connectivity index (χ3v) is 9.94. The van der Waals surface area contributed by atoms with E-state index in [0.29, 0.717) is 39.9 Å². The molecule has 3 heterocycles. The number of thiophene rings is 1. The molecule has 0 aliphatic carbocycles. The zero-order chi connectivity index (χ0) is 26.2. The van der Waals surface area contributed by atoms with Crippen LogP contribution in [0.1, 0.15) is 33.3 Å². The Morgan fingerprint density at radius 3 is 2.43 bits per heavy atom. The molecule has 2 aromatic heterocycles. The third-order valence-electron chi connectivity index (χ3n) is 6.11. The van der Waals surface area contributed by atoms with Gasteiger partial charge in [0, 0.05) is 47.9 Å². The second-order valence-electron chi connectivity index (χ2n) is 8.61. The lowest BCUT2D eigenvalue weighted by molar-refractivity contribution is 0.0642. The Morgan fingerprint density at radius 2 is 1.73 bits per heavy atom. The zero-order valence-electron chi connectivity index (χ0n) is 19.7. The summed E-state index contributed by atoms with van der Waals surface area (Å²) in [5.74, 6) is -0.139.